The van der Waals surface area contributed by atoms with Gasteiger partial charge in [0.05, 0.1) is 20.3 Å². The molecule has 0 bridgehead atoms. The van der Waals surface area contributed by atoms with E-state index in [9.17, 15) is 5.11 Å². The van der Waals surface area contributed by atoms with Crippen LogP contribution in [0.2, 0.25) is 0 Å². The number of anilines is 1. The number of guanidine groups is 1. The van der Waals surface area contributed by atoms with Gasteiger partial charge >= 0.3 is 0 Å². The predicted octanol–water partition coefficient (Wildman–Crippen LogP) is 1.59. The van der Waals surface area contributed by atoms with Crippen molar-refractivity contribution in [1.82, 2.24) is 0 Å². The van der Waals surface area contributed by atoms with Crippen LogP contribution in [0.15, 0.2) is 23.2 Å². The topological polar surface area (TPSA) is 89.1 Å². The molecule has 2 atom stereocenters. The number of nitrogens with two attached hydrogens (primary N) is 1. The van der Waals surface area contributed by atoms with Crippen molar-refractivity contribution in [2.75, 3.05) is 26.1 Å². The van der Waals surface area contributed by atoms with Gasteiger partial charge in [0.25, 0.3) is 0 Å². The van der Waals surface area contributed by atoms with Crippen LogP contribution >= 0.6 is 0 Å². The summed E-state index contributed by atoms with van der Waals surface area (Å²) in [7, 11) is 3.17. The number of benzene rings is 1. The Hall–Kier alpha value is -1.95. The quantitative estimate of drug-likeness (QED) is 0.566. The molecule has 21 heavy (non-hydrogen) atoms. The van der Waals surface area contributed by atoms with Crippen molar-refractivity contribution >= 4 is 11.6 Å². The van der Waals surface area contributed by atoms with E-state index in [0.717, 1.165) is 24.9 Å². The average molecular weight is 293 g/mol. The molecule has 0 spiro atoms. The first-order valence-electron chi connectivity index (χ1n) is 7.11. The molecule has 0 saturated heterocycles. The van der Waals surface area contributed by atoms with E-state index in [1.54, 1.807) is 26.4 Å². The van der Waals surface area contributed by atoms with Crippen molar-refractivity contribution in [2.24, 2.45) is 16.6 Å². The van der Waals surface area contributed by atoms with Crippen LogP contribution in [-0.4, -0.2) is 37.9 Å². The fourth-order valence-corrected chi connectivity index (χ4v) is 2.55. The summed E-state index contributed by atoms with van der Waals surface area (Å²) in [4.78, 5) is 4.30. The van der Waals surface area contributed by atoms with Crippen LogP contribution < -0.4 is 20.5 Å². The van der Waals surface area contributed by atoms with Gasteiger partial charge in [-0.1, -0.05) is 6.42 Å². The van der Waals surface area contributed by atoms with Gasteiger partial charge in [0.15, 0.2) is 17.5 Å². The number of nitrogens with zero attached hydrogens (tertiary/aromatic N) is 1. The highest BCUT2D eigenvalue weighted by Gasteiger charge is 2.24. The van der Waals surface area contributed by atoms with Crippen LogP contribution in [0.4, 0.5) is 5.69 Å². The molecule has 116 valence electrons. The number of ether oxygens (including phenoxy) is 2. The molecular formula is C15H23N3O3. The summed E-state index contributed by atoms with van der Waals surface area (Å²) in [5.74, 6) is 1.84. The number of methoxy groups -OCH3 is 2. The normalized spacial score (nSPS) is 22.1. The SMILES string of the molecule is COc1ccc(NC(N)=NCC2CCCC2O)cc1OC. The Labute approximate surface area is 125 Å². The molecule has 4 N–H and O–H groups in total. The van der Waals surface area contributed by atoms with Crippen molar-refractivity contribution in [3.05, 3.63) is 18.2 Å². The molecule has 0 aliphatic heterocycles. The lowest BCUT2D eigenvalue weighted by atomic mass is 10.1. The molecule has 0 amide bonds. The third-order valence-corrected chi connectivity index (χ3v) is 3.77. The van der Waals surface area contributed by atoms with Gasteiger partial charge in [-0.3, -0.25) is 4.99 Å². The molecule has 1 fully saturated rings. The zero-order chi connectivity index (χ0) is 15.2. The minimum absolute atomic E-state index is 0.218. The minimum atomic E-state index is -0.248. The molecule has 1 saturated carbocycles. The van der Waals surface area contributed by atoms with E-state index in [0.29, 0.717) is 24.0 Å². The number of aliphatic hydroxyl groups excluding tert-OH is 1. The molecule has 1 aromatic rings. The number of rotatable bonds is 5. The molecule has 6 heteroatoms. The van der Waals surface area contributed by atoms with E-state index in [1.165, 1.54) is 0 Å². The minimum Gasteiger partial charge on any atom is -0.493 e. The third-order valence-electron chi connectivity index (χ3n) is 3.77. The maximum absolute atomic E-state index is 9.76. The zero-order valence-electron chi connectivity index (χ0n) is 12.5. The number of hydrogen-bond acceptors (Lipinski definition) is 4. The smallest absolute Gasteiger partial charge is 0.193 e. The standard InChI is InChI=1S/C15H23N3O3/c1-20-13-7-6-11(8-14(13)21-2)18-15(16)17-9-10-4-3-5-12(10)19/h6-8,10,12,19H,3-5,9H2,1-2H3,(H3,16,17,18). The lowest BCUT2D eigenvalue weighted by molar-refractivity contribution is 0.137. The Bertz CT molecular complexity index is 505. The van der Waals surface area contributed by atoms with Gasteiger partial charge in [-0.15, -0.1) is 0 Å². The van der Waals surface area contributed by atoms with Gasteiger partial charge in [-0.2, -0.15) is 0 Å². The Morgan fingerprint density at radius 3 is 2.71 bits per heavy atom. The predicted molar refractivity (Wildman–Crippen MR) is 83.0 cm³/mol. The van der Waals surface area contributed by atoms with Crippen molar-refractivity contribution in [3.63, 3.8) is 0 Å². The summed E-state index contributed by atoms with van der Waals surface area (Å²) < 4.78 is 10.4. The first kappa shape index (κ1) is 15.4. The fraction of sp³-hybridized carbons (Fsp3) is 0.533. The van der Waals surface area contributed by atoms with Gasteiger partial charge in [0.2, 0.25) is 0 Å². The summed E-state index contributed by atoms with van der Waals surface area (Å²) in [6.45, 7) is 0.549. The van der Waals surface area contributed by atoms with Gasteiger partial charge < -0.3 is 25.6 Å². The van der Waals surface area contributed by atoms with Crippen LogP contribution in [0.3, 0.4) is 0 Å². The van der Waals surface area contributed by atoms with Crippen molar-refractivity contribution in [3.8, 4) is 11.5 Å². The summed E-state index contributed by atoms with van der Waals surface area (Å²) >= 11 is 0. The number of aliphatic imine (C=N–C) groups is 1. The molecule has 1 aliphatic rings. The summed E-state index contributed by atoms with van der Waals surface area (Å²) in [6, 6.07) is 5.44. The van der Waals surface area contributed by atoms with E-state index >= 15 is 0 Å². The molecule has 6 nitrogen and oxygen atoms in total. The second kappa shape index (κ2) is 7.17. The van der Waals surface area contributed by atoms with Gasteiger partial charge in [-0.05, 0) is 25.0 Å². The fourth-order valence-electron chi connectivity index (χ4n) is 2.55. The van der Waals surface area contributed by atoms with E-state index in [2.05, 4.69) is 10.3 Å². The Morgan fingerprint density at radius 2 is 2.10 bits per heavy atom. The second-order valence-corrected chi connectivity index (χ2v) is 5.18. The van der Waals surface area contributed by atoms with E-state index in [4.69, 9.17) is 15.2 Å². The van der Waals surface area contributed by atoms with Gasteiger partial charge in [-0.25, -0.2) is 0 Å². The number of aliphatic hydroxyl groups is 1. The molecule has 2 unspecified atom stereocenters. The Balaban J connectivity index is 1.96. The van der Waals surface area contributed by atoms with E-state index in [1.807, 2.05) is 6.07 Å². The van der Waals surface area contributed by atoms with E-state index in [-0.39, 0.29) is 12.0 Å². The zero-order valence-corrected chi connectivity index (χ0v) is 12.5. The number of hydrogen-bond donors (Lipinski definition) is 3. The average Bonchev–Trinajstić information content (AvgIpc) is 2.90. The maximum Gasteiger partial charge on any atom is 0.193 e. The molecule has 2 rings (SSSR count). The van der Waals surface area contributed by atoms with Gasteiger partial charge in [0, 0.05) is 24.2 Å². The van der Waals surface area contributed by atoms with Crippen LogP contribution in [0.25, 0.3) is 0 Å². The molecule has 0 heterocycles. The summed E-state index contributed by atoms with van der Waals surface area (Å²) in [5.41, 5.74) is 6.66. The van der Waals surface area contributed by atoms with Crippen LogP contribution in [0.5, 0.6) is 11.5 Å². The highest BCUT2D eigenvalue weighted by molar-refractivity contribution is 5.92. The lowest BCUT2D eigenvalue weighted by Crippen LogP contribution is -2.25. The first-order chi connectivity index (χ1) is 10.1. The van der Waals surface area contributed by atoms with Crippen molar-refractivity contribution in [2.45, 2.75) is 25.4 Å². The monoisotopic (exact) mass is 293 g/mol. The molecule has 0 radical (unpaired) electrons. The first-order valence-corrected chi connectivity index (χ1v) is 7.11. The Kier molecular flexibility index (Phi) is 5.27. The lowest BCUT2D eigenvalue weighted by Gasteiger charge is -2.13. The third kappa shape index (κ3) is 4.01. The van der Waals surface area contributed by atoms with Crippen LogP contribution in [0.1, 0.15) is 19.3 Å². The Morgan fingerprint density at radius 1 is 1.33 bits per heavy atom. The van der Waals surface area contributed by atoms with Crippen molar-refractivity contribution in [1.29, 1.82) is 0 Å². The number of nitrogens with one attached hydrogen (secondary N) is 1. The highest BCUT2D eigenvalue weighted by Crippen LogP contribution is 2.29. The van der Waals surface area contributed by atoms with E-state index < -0.39 is 0 Å². The van der Waals surface area contributed by atoms with Gasteiger partial charge in [0.1, 0.15) is 0 Å². The molecule has 1 aromatic carbocycles. The second-order valence-electron chi connectivity index (χ2n) is 5.18. The van der Waals surface area contributed by atoms with Crippen LogP contribution in [-0.2, 0) is 0 Å². The molecule has 1 aliphatic carbocycles. The molecular weight excluding hydrogens is 270 g/mol. The highest BCUT2D eigenvalue weighted by atomic mass is 16.5. The largest absolute Gasteiger partial charge is 0.493 e. The van der Waals surface area contributed by atoms with Crippen LogP contribution in [0, 0.1) is 5.92 Å². The van der Waals surface area contributed by atoms with Crippen molar-refractivity contribution < 1.29 is 14.6 Å². The summed E-state index contributed by atoms with van der Waals surface area (Å²) in [6.07, 6.45) is 2.68. The summed E-state index contributed by atoms with van der Waals surface area (Å²) in [5, 5.41) is 12.8. The maximum atomic E-state index is 9.76. The molecule has 0 aromatic heterocycles.